The predicted octanol–water partition coefficient (Wildman–Crippen LogP) is 5.41. The standard InChI is InChI=1S/C21H14Cl2N2O2/c22-15-6-3-5-13(10-15)20(26)24-19-9-8-16(11-18(19)23)25-12-14-4-1-2-7-17(14)21(25)27/h1-11H,12H2,(H,24,26). The monoisotopic (exact) mass is 396 g/mol. The zero-order chi connectivity index (χ0) is 19.0. The molecule has 134 valence electrons. The van der Waals surface area contributed by atoms with Crippen LogP contribution in [-0.4, -0.2) is 11.8 Å². The molecule has 0 fully saturated rings. The average molecular weight is 397 g/mol. The summed E-state index contributed by atoms with van der Waals surface area (Å²) < 4.78 is 0. The van der Waals surface area contributed by atoms with E-state index in [2.05, 4.69) is 5.32 Å². The summed E-state index contributed by atoms with van der Waals surface area (Å²) in [4.78, 5) is 26.6. The molecule has 0 radical (unpaired) electrons. The van der Waals surface area contributed by atoms with Crippen molar-refractivity contribution in [2.45, 2.75) is 6.54 Å². The minimum Gasteiger partial charge on any atom is -0.321 e. The van der Waals surface area contributed by atoms with E-state index in [-0.39, 0.29) is 11.8 Å². The molecule has 3 aromatic rings. The first-order chi connectivity index (χ1) is 13.0. The number of nitrogens with one attached hydrogen (secondary N) is 1. The first-order valence-electron chi connectivity index (χ1n) is 8.29. The maximum absolute atomic E-state index is 12.6. The molecule has 1 aliphatic rings. The SMILES string of the molecule is O=C(Nc1ccc(N2Cc3ccccc3C2=O)cc1Cl)c1cccc(Cl)c1. The van der Waals surface area contributed by atoms with Crippen LogP contribution >= 0.6 is 23.2 Å². The van der Waals surface area contributed by atoms with Crippen molar-refractivity contribution in [3.63, 3.8) is 0 Å². The summed E-state index contributed by atoms with van der Waals surface area (Å²) in [6.07, 6.45) is 0. The van der Waals surface area contributed by atoms with Crippen LogP contribution in [0.4, 0.5) is 11.4 Å². The molecule has 0 aromatic heterocycles. The molecule has 0 unspecified atom stereocenters. The number of carbonyl (C=O) groups excluding carboxylic acids is 2. The maximum atomic E-state index is 12.6. The number of fused-ring (bicyclic) bond motifs is 1. The Morgan fingerprint density at radius 2 is 1.78 bits per heavy atom. The third kappa shape index (κ3) is 3.42. The first-order valence-corrected chi connectivity index (χ1v) is 9.05. The molecule has 0 saturated heterocycles. The van der Waals surface area contributed by atoms with Gasteiger partial charge in [-0.25, -0.2) is 0 Å². The number of nitrogens with zero attached hydrogens (tertiary/aromatic N) is 1. The Hall–Kier alpha value is -2.82. The minimum atomic E-state index is -0.309. The highest BCUT2D eigenvalue weighted by atomic mass is 35.5. The summed E-state index contributed by atoms with van der Waals surface area (Å²) in [6.45, 7) is 0.500. The Kier molecular flexibility index (Phi) is 4.60. The summed E-state index contributed by atoms with van der Waals surface area (Å²) in [7, 11) is 0. The second-order valence-corrected chi connectivity index (χ2v) is 7.02. The van der Waals surface area contributed by atoms with Gasteiger partial charge in [-0.3, -0.25) is 9.59 Å². The molecule has 1 heterocycles. The number of benzene rings is 3. The van der Waals surface area contributed by atoms with Gasteiger partial charge in [0.2, 0.25) is 0 Å². The number of hydrogen-bond acceptors (Lipinski definition) is 2. The fourth-order valence-electron chi connectivity index (χ4n) is 3.06. The summed E-state index contributed by atoms with van der Waals surface area (Å²) >= 11 is 12.3. The molecule has 1 N–H and O–H groups in total. The van der Waals surface area contributed by atoms with Gasteiger partial charge >= 0.3 is 0 Å². The van der Waals surface area contributed by atoms with Crippen LogP contribution in [0.1, 0.15) is 26.3 Å². The van der Waals surface area contributed by atoms with E-state index >= 15 is 0 Å². The van der Waals surface area contributed by atoms with Crippen molar-refractivity contribution in [1.82, 2.24) is 0 Å². The van der Waals surface area contributed by atoms with Gasteiger partial charge < -0.3 is 10.2 Å². The summed E-state index contributed by atoms with van der Waals surface area (Å²) in [5.74, 6) is -0.366. The van der Waals surface area contributed by atoms with Crippen molar-refractivity contribution in [2.24, 2.45) is 0 Å². The Labute approximate surface area is 166 Å². The van der Waals surface area contributed by atoms with Gasteiger partial charge in [0.15, 0.2) is 0 Å². The topological polar surface area (TPSA) is 49.4 Å². The van der Waals surface area contributed by atoms with Crippen molar-refractivity contribution in [2.75, 3.05) is 10.2 Å². The lowest BCUT2D eigenvalue weighted by molar-refractivity contribution is 0.0994. The molecule has 27 heavy (non-hydrogen) atoms. The minimum absolute atomic E-state index is 0.0580. The van der Waals surface area contributed by atoms with E-state index in [1.54, 1.807) is 47.4 Å². The first kappa shape index (κ1) is 17.6. The quantitative estimate of drug-likeness (QED) is 0.643. The van der Waals surface area contributed by atoms with E-state index in [9.17, 15) is 9.59 Å². The highest BCUT2D eigenvalue weighted by Crippen LogP contribution is 2.33. The lowest BCUT2D eigenvalue weighted by Crippen LogP contribution is -2.23. The van der Waals surface area contributed by atoms with Gasteiger partial charge in [-0.05, 0) is 48.0 Å². The second kappa shape index (κ2) is 7.06. The van der Waals surface area contributed by atoms with Gasteiger partial charge in [-0.2, -0.15) is 0 Å². The van der Waals surface area contributed by atoms with Crippen LogP contribution in [0.3, 0.4) is 0 Å². The number of halogens is 2. The molecule has 0 spiro atoms. The van der Waals surface area contributed by atoms with Crippen LogP contribution in [0.5, 0.6) is 0 Å². The molecule has 1 aliphatic heterocycles. The fourth-order valence-corrected chi connectivity index (χ4v) is 3.47. The Bertz CT molecular complexity index is 1070. The zero-order valence-electron chi connectivity index (χ0n) is 14.1. The summed E-state index contributed by atoms with van der Waals surface area (Å²) in [6, 6.07) is 19.3. The van der Waals surface area contributed by atoms with Crippen LogP contribution in [0.25, 0.3) is 0 Å². The zero-order valence-corrected chi connectivity index (χ0v) is 15.6. The lowest BCUT2D eigenvalue weighted by Gasteiger charge is -2.17. The fraction of sp³-hybridized carbons (Fsp3) is 0.0476. The predicted molar refractivity (Wildman–Crippen MR) is 108 cm³/mol. The van der Waals surface area contributed by atoms with E-state index in [1.807, 2.05) is 24.3 Å². The van der Waals surface area contributed by atoms with Gasteiger partial charge in [0.25, 0.3) is 11.8 Å². The largest absolute Gasteiger partial charge is 0.321 e. The highest BCUT2D eigenvalue weighted by molar-refractivity contribution is 6.34. The molecule has 6 heteroatoms. The number of carbonyl (C=O) groups is 2. The Morgan fingerprint density at radius 3 is 2.52 bits per heavy atom. The van der Waals surface area contributed by atoms with Gasteiger partial charge in [0.05, 0.1) is 17.3 Å². The third-order valence-electron chi connectivity index (χ3n) is 4.42. The maximum Gasteiger partial charge on any atom is 0.258 e. The highest BCUT2D eigenvalue weighted by Gasteiger charge is 2.28. The van der Waals surface area contributed by atoms with E-state index in [1.165, 1.54) is 0 Å². The molecule has 0 aliphatic carbocycles. The number of anilines is 2. The number of hydrogen-bond donors (Lipinski definition) is 1. The average Bonchev–Trinajstić information content (AvgIpc) is 3.00. The molecule has 4 nitrogen and oxygen atoms in total. The van der Waals surface area contributed by atoms with Crippen LogP contribution in [-0.2, 0) is 6.54 Å². The van der Waals surface area contributed by atoms with Crippen molar-refractivity contribution < 1.29 is 9.59 Å². The van der Waals surface area contributed by atoms with E-state index < -0.39 is 0 Å². The molecule has 0 atom stereocenters. The Morgan fingerprint density at radius 1 is 0.963 bits per heavy atom. The van der Waals surface area contributed by atoms with Crippen LogP contribution in [0.15, 0.2) is 66.7 Å². The third-order valence-corrected chi connectivity index (χ3v) is 4.97. The molecule has 0 bridgehead atoms. The number of rotatable bonds is 3. The molecular weight excluding hydrogens is 383 g/mol. The molecular formula is C21H14Cl2N2O2. The normalized spacial score (nSPS) is 12.8. The summed E-state index contributed by atoms with van der Waals surface area (Å²) in [5, 5.41) is 3.60. The lowest BCUT2D eigenvalue weighted by atomic mass is 10.1. The second-order valence-electron chi connectivity index (χ2n) is 6.18. The van der Waals surface area contributed by atoms with Crippen LogP contribution in [0.2, 0.25) is 10.0 Å². The number of amides is 2. The summed E-state index contributed by atoms with van der Waals surface area (Å²) in [5.41, 5.74) is 3.27. The van der Waals surface area contributed by atoms with E-state index in [0.29, 0.717) is 39.1 Å². The molecule has 0 saturated carbocycles. The van der Waals surface area contributed by atoms with Crippen molar-refractivity contribution >= 4 is 46.4 Å². The smallest absolute Gasteiger partial charge is 0.258 e. The van der Waals surface area contributed by atoms with Gasteiger partial charge in [-0.1, -0.05) is 47.5 Å². The van der Waals surface area contributed by atoms with Crippen LogP contribution in [0, 0.1) is 0 Å². The van der Waals surface area contributed by atoms with Crippen LogP contribution < -0.4 is 10.2 Å². The van der Waals surface area contributed by atoms with Gasteiger partial charge in [-0.15, -0.1) is 0 Å². The van der Waals surface area contributed by atoms with Gasteiger partial charge in [0.1, 0.15) is 0 Å². The van der Waals surface area contributed by atoms with Crippen molar-refractivity contribution in [3.05, 3.63) is 93.5 Å². The molecule has 2 amide bonds. The molecule has 3 aromatic carbocycles. The van der Waals surface area contributed by atoms with Crippen molar-refractivity contribution in [3.8, 4) is 0 Å². The van der Waals surface area contributed by atoms with E-state index in [0.717, 1.165) is 5.56 Å². The molecule has 4 rings (SSSR count). The van der Waals surface area contributed by atoms with E-state index in [4.69, 9.17) is 23.2 Å². The van der Waals surface area contributed by atoms with Crippen molar-refractivity contribution in [1.29, 1.82) is 0 Å². The Balaban J connectivity index is 1.55. The van der Waals surface area contributed by atoms with Gasteiger partial charge in [0, 0.05) is 21.8 Å².